The average molecular weight is 164 g/mol. The van der Waals surface area contributed by atoms with Gasteiger partial charge >= 0.3 is 0 Å². The minimum absolute atomic E-state index is 0.332. The van der Waals surface area contributed by atoms with E-state index in [1.54, 1.807) is 0 Å². The highest BCUT2D eigenvalue weighted by molar-refractivity contribution is 5.22. The lowest BCUT2D eigenvalue weighted by molar-refractivity contribution is 0.198. The van der Waals surface area contributed by atoms with Gasteiger partial charge < -0.3 is 9.88 Å². The minimum atomic E-state index is 0.332. The van der Waals surface area contributed by atoms with Gasteiger partial charge in [0.1, 0.15) is 0 Å². The summed E-state index contributed by atoms with van der Waals surface area (Å²) in [6, 6.07) is 2.19. The molecule has 0 unspecified atom stereocenters. The molecule has 2 rings (SSSR count). The normalized spacial score (nSPS) is 20.6. The average Bonchev–Trinajstić information content (AvgIpc) is 2.29. The Morgan fingerprint density at radius 2 is 2.08 bits per heavy atom. The van der Waals surface area contributed by atoms with Crippen molar-refractivity contribution in [2.45, 2.75) is 26.3 Å². The number of nitrogens with zero attached hydrogens (tertiary/aromatic N) is 1. The van der Waals surface area contributed by atoms with Crippen LogP contribution in [0.1, 0.15) is 18.2 Å². The Labute approximate surface area is 73.6 Å². The lowest BCUT2D eigenvalue weighted by atomic mass is 9.94. The Hall–Kier alpha value is -0.760. The Balaban J connectivity index is 2.39. The van der Waals surface area contributed by atoms with Crippen LogP contribution in [0.25, 0.3) is 0 Å². The topological polar surface area (TPSA) is 17.0 Å². The summed E-state index contributed by atoms with van der Waals surface area (Å²) in [5.74, 6) is 0. The van der Waals surface area contributed by atoms with Crippen LogP contribution in [0.2, 0.25) is 0 Å². The van der Waals surface area contributed by atoms with Crippen LogP contribution in [0.15, 0.2) is 12.3 Å². The Morgan fingerprint density at radius 1 is 1.42 bits per heavy atom. The first kappa shape index (κ1) is 7.87. The SMILES string of the molecule is Cc1ccn(C2(C)CNC2)c1C. The maximum atomic E-state index is 3.32. The third-order valence-electron chi connectivity index (χ3n) is 3.00. The molecule has 2 nitrogen and oxygen atoms in total. The van der Waals surface area contributed by atoms with Crippen LogP contribution in [0.3, 0.4) is 0 Å². The van der Waals surface area contributed by atoms with Gasteiger partial charge in [-0.1, -0.05) is 0 Å². The molecule has 0 aliphatic carbocycles. The quantitative estimate of drug-likeness (QED) is 0.664. The van der Waals surface area contributed by atoms with Crippen molar-refractivity contribution in [3.05, 3.63) is 23.5 Å². The molecule has 1 saturated heterocycles. The fraction of sp³-hybridized carbons (Fsp3) is 0.600. The molecule has 1 aromatic heterocycles. The number of rotatable bonds is 1. The zero-order valence-electron chi connectivity index (χ0n) is 8.02. The van der Waals surface area contributed by atoms with Gasteiger partial charge in [0.15, 0.2) is 0 Å². The van der Waals surface area contributed by atoms with Crippen molar-refractivity contribution >= 4 is 0 Å². The second-order valence-electron chi connectivity index (χ2n) is 4.05. The lowest BCUT2D eigenvalue weighted by Crippen LogP contribution is -2.58. The molecule has 0 amide bonds. The highest BCUT2D eigenvalue weighted by Gasteiger charge is 2.33. The molecule has 2 heterocycles. The first-order valence-electron chi connectivity index (χ1n) is 4.49. The maximum Gasteiger partial charge on any atom is 0.0662 e. The predicted octanol–water partition coefficient (Wildman–Crippen LogP) is 1.42. The summed E-state index contributed by atoms with van der Waals surface area (Å²) in [5.41, 5.74) is 3.13. The van der Waals surface area contributed by atoms with Crippen LogP contribution < -0.4 is 5.32 Å². The van der Waals surface area contributed by atoms with Gasteiger partial charge in [0, 0.05) is 25.0 Å². The van der Waals surface area contributed by atoms with E-state index in [0.29, 0.717) is 5.54 Å². The molecule has 1 aliphatic rings. The summed E-state index contributed by atoms with van der Waals surface area (Å²) >= 11 is 0. The van der Waals surface area contributed by atoms with Gasteiger partial charge in [0.25, 0.3) is 0 Å². The van der Waals surface area contributed by atoms with Crippen molar-refractivity contribution in [1.82, 2.24) is 9.88 Å². The van der Waals surface area contributed by atoms with Gasteiger partial charge in [-0.05, 0) is 32.4 Å². The van der Waals surface area contributed by atoms with E-state index in [1.165, 1.54) is 11.3 Å². The van der Waals surface area contributed by atoms with Crippen LogP contribution in [0.5, 0.6) is 0 Å². The zero-order valence-corrected chi connectivity index (χ0v) is 8.02. The number of nitrogens with one attached hydrogen (secondary N) is 1. The maximum absolute atomic E-state index is 3.32. The molecule has 12 heavy (non-hydrogen) atoms. The molecular formula is C10H16N2. The molecule has 0 bridgehead atoms. The minimum Gasteiger partial charge on any atom is -0.343 e. The smallest absolute Gasteiger partial charge is 0.0662 e. The summed E-state index contributed by atoms with van der Waals surface area (Å²) in [5, 5.41) is 3.32. The van der Waals surface area contributed by atoms with Crippen molar-refractivity contribution in [1.29, 1.82) is 0 Å². The van der Waals surface area contributed by atoms with E-state index in [9.17, 15) is 0 Å². The molecule has 66 valence electrons. The molecule has 0 saturated carbocycles. The fourth-order valence-corrected chi connectivity index (χ4v) is 1.85. The van der Waals surface area contributed by atoms with Gasteiger partial charge in [-0.15, -0.1) is 0 Å². The fourth-order valence-electron chi connectivity index (χ4n) is 1.85. The second-order valence-corrected chi connectivity index (χ2v) is 4.05. The summed E-state index contributed by atoms with van der Waals surface area (Å²) in [6.07, 6.45) is 2.20. The number of hydrogen-bond donors (Lipinski definition) is 1. The standard InChI is InChI=1S/C10H16N2/c1-8-4-5-12(9(8)2)10(3)6-11-7-10/h4-5,11H,6-7H2,1-3H3. The van der Waals surface area contributed by atoms with Gasteiger partial charge in [0.05, 0.1) is 5.54 Å². The first-order valence-corrected chi connectivity index (χ1v) is 4.49. The van der Waals surface area contributed by atoms with E-state index in [1.807, 2.05) is 0 Å². The van der Waals surface area contributed by atoms with Crippen molar-refractivity contribution in [2.24, 2.45) is 0 Å². The summed E-state index contributed by atoms with van der Waals surface area (Å²) in [6.45, 7) is 8.86. The highest BCUT2D eigenvalue weighted by Crippen LogP contribution is 2.24. The molecule has 1 aromatic rings. The molecular weight excluding hydrogens is 148 g/mol. The molecule has 1 aliphatic heterocycles. The van der Waals surface area contributed by atoms with E-state index < -0.39 is 0 Å². The van der Waals surface area contributed by atoms with Crippen molar-refractivity contribution < 1.29 is 0 Å². The monoisotopic (exact) mass is 164 g/mol. The first-order chi connectivity index (χ1) is 5.63. The third kappa shape index (κ3) is 0.911. The molecule has 0 atom stereocenters. The Bertz CT molecular complexity index is 295. The number of hydrogen-bond acceptors (Lipinski definition) is 1. The molecule has 0 spiro atoms. The summed E-state index contributed by atoms with van der Waals surface area (Å²) < 4.78 is 2.39. The largest absolute Gasteiger partial charge is 0.343 e. The zero-order chi connectivity index (χ0) is 8.77. The van der Waals surface area contributed by atoms with Gasteiger partial charge in [-0.2, -0.15) is 0 Å². The van der Waals surface area contributed by atoms with Gasteiger partial charge in [-0.25, -0.2) is 0 Å². The van der Waals surface area contributed by atoms with Crippen LogP contribution >= 0.6 is 0 Å². The summed E-state index contributed by atoms with van der Waals surface area (Å²) in [4.78, 5) is 0. The van der Waals surface area contributed by atoms with E-state index in [0.717, 1.165) is 13.1 Å². The van der Waals surface area contributed by atoms with Crippen LogP contribution in [-0.2, 0) is 5.54 Å². The van der Waals surface area contributed by atoms with Crippen LogP contribution in [0, 0.1) is 13.8 Å². The summed E-state index contributed by atoms with van der Waals surface area (Å²) in [7, 11) is 0. The predicted molar refractivity (Wildman–Crippen MR) is 50.4 cm³/mol. The molecule has 1 N–H and O–H groups in total. The Kier molecular flexibility index (Phi) is 1.55. The third-order valence-corrected chi connectivity index (χ3v) is 3.00. The van der Waals surface area contributed by atoms with Crippen molar-refractivity contribution in [3.8, 4) is 0 Å². The molecule has 0 aromatic carbocycles. The Morgan fingerprint density at radius 3 is 2.42 bits per heavy atom. The molecule has 2 heteroatoms. The number of aromatic nitrogens is 1. The second kappa shape index (κ2) is 2.36. The molecule has 1 fully saturated rings. The highest BCUT2D eigenvalue weighted by atomic mass is 15.2. The van der Waals surface area contributed by atoms with Crippen LogP contribution in [0.4, 0.5) is 0 Å². The van der Waals surface area contributed by atoms with Crippen molar-refractivity contribution in [2.75, 3.05) is 13.1 Å². The van der Waals surface area contributed by atoms with E-state index in [2.05, 4.69) is 42.9 Å². The van der Waals surface area contributed by atoms with Crippen molar-refractivity contribution in [3.63, 3.8) is 0 Å². The van der Waals surface area contributed by atoms with Crippen LogP contribution in [-0.4, -0.2) is 17.7 Å². The van der Waals surface area contributed by atoms with Gasteiger partial charge in [0.2, 0.25) is 0 Å². The van der Waals surface area contributed by atoms with E-state index in [-0.39, 0.29) is 0 Å². The molecule has 0 radical (unpaired) electrons. The van der Waals surface area contributed by atoms with Gasteiger partial charge in [-0.3, -0.25) is 0 Å². The van der Waals surface area contributed by atoms with E-state index in [4.69, 9.17) is 0 Å². The lowest BCUT2D eigenvalue weighted by Gasteiger charge is -2.42. The number of aryl methyl sites for hydroxylation is 1. The van der Waals surface area contributed by atoms with E-state index >= 15 is 0 Å².